The minimum atomic E-state index is 0.598. The Morgan fingerprint density at radius 1 is 1.40 bits per heavy atom. The van der Waals surface area contributed by atoms with Crippen molar-refractivity contribution in [3.8, 4) is 0 Å². The van der Waals surface area contributed by atoms with E-state index in [1.807, 2.05) is 30.1 Å². The van der Waals surface area contributed by atoms with Crippen molar-refractivity contribution in [2.75, 3.05) is 5.73 Å². The van der Waals surface area contributed by atoms with Gasteiger partial charge in [0.25, 0.3) is 0 Å². The van der Waals surface area contributed by atoms with Gasteiger partial charge in [0, 0.05) is 7.05 Å². The number of hydrogen-bond acceptors (Lipinski definition) is 4. The molecule has 0 unspecified atom stereocenters. The standard InChI is InChI=1S/C9H14N6/c1-6-9(10)7(2)15(13-6)4-8-12-11-5-14(8)3/h5H,4,10H2,1-3H3. The molecular formula is C9H14N6. The molecule has 2 rings (SSSR count). The van der Waals surface area contributed by atoms with Gasteiger partial charge in [0.2, 0.25) is 0 Å². The molecular weight excluding hydrogens is 192 g/mol. The van der Waals surface area contributed by atoms with Crippen molar-refractivity contribution in [2.45, 2.75) is 20.4 Å². The van der Waals surface area contributed by atoms with E-state index in [9.17, 15) is 0 Å². The lowest BCUT2D eigenvalue weighted by Crippen LogP contribution is -2.09. The highest BCUT2D eigenvalue weighted by molar-refractivity contribution is 5.46. The van der Waals surface area contributed by atoms with Gasteiger partial charge in [-0.15, -0.1) is 10.2 Å². The van der Waals surface area contributed by atoms with Gasteiger partial charge in [-0.1, -0.05) is 0 Å². The van der Waals surface area contributed by atoms with Crippen LogP contribution in [-0.4, -0.2) is 24.5 Å². The average Bonchev–Trinajstić information content (AvgIpc) is 2.69. The highest BCUT2D eigenvalue weighted by atomic mass is 15.3. The molecule has 2 heterocycles. The van der Waals surface area contributed by atoms with E-state index in [4.69, 9.17) is 5.73 Å². The highest BCUT2D eigenvalue weighted by Gasteiger charge is 2.10. The van der Waals surface area contributed by atoms with Crippen LogP contribution in [0.4, 0.5) is 5.69 Å². The normalized spacial score (nSPS) is 10.9. The number of hydrogen-bond donors (Lipinski definition) is 1. The van der Waals surface area contributed by atoms with Crippen molar-refractivity contribution in [1.82, 2.24) is 24.5 Å². The third-order valence-corrected chi connectivity index (χ3v) is 2.53. The molecule has 0 aromatic carbocycles. The fraction of sp³-hybridized carbons (Fsp3) is 0.444. The van der Waals surface area contributed by atoms with Gasteiger partial charge in [-0.05, 0) is 13.8 Å². The first kappa shape index (κ1) is 9.70. The molecule has 2 aromatic rings. The van der Waals surface area contributed by atoms with Gasteiger partial charge in [-0.25, -0.2) is 0 Å². The van der Waals surface area contributed by atoms with Crippen LogP contribution < -0.4 is 5.73 Å². The summed E-state index contributed by atoms with van der Waals surface area (Å²) in [5.41, 5.74) is 8.42. The van der Waals surface area contributed by atoms with Crippen LogP contribution in [0, 0.1) is 13.8 Å². The molecule has 0 aliphatic rings. The lowest BCUT2D eigenvalue weighted by atomic mass is 10.3. The quantitative estimate of drug-likeness (QED) is 0.764. The number of anilines is 1. The zero-order chi connectivity index (χ0) is 11.0. The van der Waals surface area contributed by atoms with Crippen LogP contribution in [0.1, 0.15) is 17.2 Å². The number of rotatable bonds is 2. The first-order valence-corrected chi connectivity index (χ1v) is 4.72. The monoisotopic (exact) mass is 206 g/mol. The van der Waals surface area contributed by atoms with E-state index < -0.39 is 0 Å². The summed E-state index contributed by atoms with van der Waals surface area (Å²) in [6.45, 7) is 4.45. The summed E-state index contributed by atoms with van der Waals surface area (Å²) in [5, 5.41) is 12.2. The minimum Gasteiger partial charge on any atom is -0.396 e. The van der Waals surface area contributed by atoms with Crippen molar-refractivity contribution < 1.29 is 0 Å². The summed E-state index contributed by atoms with van der Waals surface area (Å²) in [6, 6.07) is 0. The number of nitrogens with zero attached hydrogens (tertiary/aromatic N) is 5. The molecule has 0 aliphatic carbocycles. The van der Waals surface area contributed by atoms with Crippen LogP contribution in [-0.2, 0) is 13.6 Å². The lowest BCUT2D eigenvalue weighted by molar-refractivity contribution is 0.611. The Kier molecular flexibility index (Phi) is 2.18. The van der Waals surface area contributed by atoms with Crippen LogP contribution >= 0.6 is 0 Å². The van der Waals surface area contributed by atoms with Crippen molar-refractivity contribution in [3.63, 3.8) is 0 Å². The van der Waals surface area contributed by atoms with E-state index in [1.165, 1.54) is 0 Å². The third kappa shape index (κ3) is 1.58. The van der Waals surface area contributed by atoms with Crippen molar-refractivity contribution in [3.05, 3.63) is 23.5 Å². The van der Waals surface area contributed by atoms with E-state index >= 15 is 0 Å². The Hall–Kier alpha value is -1.85. The van der Waals surface area contributed by atoms with E-state index in [0.29, 0.717) is 6.54 Å². The van der Waals surface area contributed by atoms with E-state index in [-0.39, 0.29) is 0 Å². The topological polar surface area (TPSA) is 74.5 Å². The van der Waals surface area contributed by atoms with Crippen LogP contribution in [0.5, 0.6) is 0 Å². The minimum absolute atomic E-state index is 0.598. The number of nitrogen functional groups attached to an aromatic ring is 1. The largest absolute Gasteiger partial charge is 0.396 e. The van der Waals surface area contributed by atoms with Gasteiger partial charge < -0.3 is 10.3 Å². The van der Waals surface area contributed by atoms with Crippen LogP contribution in [0.2, 0.25) is 0 Å². The second-order valence-electron chi connectivity index (χ2n) is 3.60. The van der Waals surface area contributed by atoms with Crippen molar-refractivity contribution in [1.29, 1.82) is 0 Å². The Bertz CT molecular complexity index is 481. The zero-order valence-corrected chi connectivity index (χ0v) is 9.10. The molecule has 6 nitrogen and oxygen atoms in total. The smallest absolute Gasteiger partial charge is 0.154 e. The van der Waals surface area contributed by atoms with Crippen molar-refractivity contribution in [2.24, 2.45) is 7.05 Å². The molecule has 80 valence electrons. The maximum atomic E-state index is 5.84. The Morgan fingerprint density at radius 3 is 2.60 bits per heavy atom. The molecule has 0 aliphatic heterocycles. The molecule has 0 atom stereocenters. The van der Waals surface area contributed by atoms with Gasteiger partial charge in [-0.3, -0.25) is 4.68 Å². The van der Waals surface area contributed by atoms with Gasteiger partial charge in [0.15, 0.2) is 5.82 Å². The van der Waals surface area contributed by atoms with Gasteiger partial charge in [-0.2, -0.15) is 5.10 Å². The Balaban J connectivity index is 2.33. The molecule has 0 radical (unpaired) electrons. The predicted octanol–water partition coefficient (Wildman–Crippen LogP) is 0.259. The molecule has 0 saturated heterocycles. The SMILES string of the molecule is Cc1nn(Cc2nncn2C)c(C)c1N. The average molecular weight is 206 g/mol. The summed E-state index contributed by atoms with van der Waals surface area (Å²) < 4.78 is 3.71. The Morgan fingerprint density at radius 2 is 2.13 bits per heavy atom. The first-order chi connectivity index (χ1) is 7.09. The summed E-state index contributed by atoms with van der Waals surface area (Å²) in [7, 11) is 1.91. The molecule has 0 spiro atoms. The predicted molar refractivity (Wildman–Crippen MR) is 56.2 cm³/mol. The van der Waals surface area contributed by atoms with Gasteiger partial charge in [0.05, 0.1) is 17.1 Å². The molecule has 2 aromatic heterocycles. The lowest BCUT2D eigenvalue weighted by Gasteiger charge is -2.03. The second kappa shape index (κ2) is 3.38. The van der Waals surface area contributed by atoms with Crippen LogP contribution in [0.15, 0.2) is 6.33 Å². The molecule has 6 heteroatoms. The first-order valence-electron chi connectivity index (χ1n) is 4.72. The zero-order valence-electron chi connectivity index (χ0n) is 9.10. The van der Waals surface area contributed by atoms with Gasteiger partial charge >= 0.3 is 0 Å². The van der Waals surface area contributed by atoms with E-state index in [2.05, 4.69) is 15.3 Å². The fourth-order valence-electron chi connectivity index (χ4n) is 1.45. The van der Waals surface area contributed by atoms with Gasteiger partial charge in [0.1, 0.15) is 12.9 Å². The number of aromatic nitrogens is 5. The summed E-state index contributed by atoms with van der Waals surface area (Å²) in [4.78, 5) is 0. The third-order valence-electron chi connectivity index (χ3n) is 2.53. The second-order valence-corrected chi connectivity index (χ2v) is 3.60. The number of nitrogens with two attached hydrogens (primary N) is 1. The molecule has 2 N–H and O–H groups in total. The summed E-state index contributed by atoms with van der Waals surface area (Å²) >= 11 is 0. The molecule has 15 heavy (non-hydrogen) atoms. The van der Waals surface area contributed by atoms with E-state index in [0.717, 1.165) is 22.9 Å². The molecule has 0 amide bonds. The van der Waals surface area contributed by atoms with Crippen LogP contribution in [0.3, 0.4) is 0 Å². The summed E-state index contributed by atoms with van der Waals surface area (Å²) in [5.74, 6) is 0.862. The van der Waals surface area contributed by atoms with Crippen molar-refractivity contribution >= 4 is 5.69 Å². The highest BCUT2D eigenvalue weighted by Crippen LogP contribution is 2.15. The Labute approximate surface area is 87.7 Å². The summed E-state index contributed by atoms with van der Waals surface area (Å²) in [6.07, 6.45) is 1.67. The van der Waals surface area contributed by atoms with Crippen LogP contribution in [0.25, 0.3) is 0 Å². The fourth-order valence-corrected chi connectivity index (χ4v) is 1.45. The molecule has 0 bridgehead atoms. The van der Waals surface area contributed by atoms with E-state index in [1.54, 1.807) is 6.33 Å². The molecule has 0 saturated carbocycles. The number of aryl methyl sites for hydroxylation is 2. The maximum Gasteiger partial charge on any atom is 0.154 e. The maximum absolute atomic E-state index is 5.84. The molecule has 0 fully saturated rings.